The van der Waals surface area contributed by atoms with Crippen molar-refractivity contribution in [2.45, 2.75) is 32.3 Å². The van der Waals surface area contributed by atoms with Gasteiger partial charge in [-0.05, 0) is 47.4 Å². The second-order valence-corrected chi connectivity index (χ2v) is 7.27. The van der Waals surface area contributed by atoms with Crippen LogP contribution >= 0.6 is 11.8 Å². The summed E-state index contributed by atoms with van der Waals surface area (Å²) < 4.78 is 6.86. The minimum absolute atomic E-state index is 0.00606. The minimum Gasteiger partial charge on any atom is -0.494 e. The first kappa shape index (κ1) is 20.7. The number of rotatable bonds is 8. The van der Waals surface area contributed by atoms with Crippen LogP contribution in [0.5, 0.6) is 5.75 Å². The molecule has 0 aliphatic carbocycles. The minimum atomic E-state index is -0.499. The predicted octanol–water partition coefficient (Wildman–Crippen LogP) is 1.94. The molecule has 146 valence electrons. The van der Waals surface area contributed by atoms with E-state index in [1.54, 1.807) is 7.11 Å². The number of hydrogen-bond donors (Lipinski definition) is 2. The number of nitrogens with zero attached hydrogens (tertiary/aromatic N) is 4. The molecule has 2 rings (SSSR count). The summed E-state index contributed by atoms with van der Waals surface area (Å²) in [4.78, 5) is 23.7. The summed E-state index contributed by atoms with van der Waals surface area (Å²) in [5.41, 5.74) is 1.70. The number of thioether (sulfide) groups is 1. The number of benzene rings is 1. The van der Waals surface area contributed by atoms with Gasteiger partial charge in [-0.2, -0.15) is 4.68 Å². The fraction of sp³-hybridized carbons (Fsp3) is 0.471. The zero-order valence-electron chi connectivity index (χ0n) is 15.9. The number of carbonyl (C=O) groups is 2. The number of amides is 3. The maximum Gasteiger partial charge on any atom is 0.321 e. The Bertz CT molecular complexity index is 793. The number of imide groups is 1. The van der Waals surface area contributed by atoms with Gasteiger partial charge in [-0.25, -0.2) is 4.79 Å². The highest BCUT2D eigenvalue weighted by Gasteiger charge is 2.16. The van der Waals surface area contributed by atoms with Gasteiger partial charge in [0, 0.05) is 6.54 Å². The lowest BCUT2D eigenvalue weighted by Crippen LogP contribution is -2.40. The predicted molar refractivity (Wildman–Crippen MR) is 102 cm³/mol. The summed E-state index contributed by atoms with van der Waals surface area (Å²) >= 11 is 1.13. The van der Waals surface area contributed by atoms with Crippen LogP contribution in [0.3, 0.4) is 0 Å². The monoisotopic (exact) mass is 392 g/mol. The highest BCUT2D eigenvalue weighted by molar-refractivity contribution is 7.99. The van der Waals surface area contributed by atoms with Crippen molar-refractivity contribution in [3.05, 3.63) is 23.8 Å². The van der Waals surface area contributed by atoms with E-state index in [4.69, 9.17) is 4.74 Å². The van der Waals surface area contributed by atoms with Crippen molar-refractivity contribution in [3.63, 3.8) is 0 Å². The third-order valence-corrected chi connectivity index (χ3v) is 4.52. The molecule has 0 saturated heterocycles. The van der Waals surface area contributed by atoms with Gasteiger partial charge in [0.05, 0.1) is 12.9 Å². The van der Waals surface area contributed by atoms with Crippen molar-refractivity contribution < 1.29 is 14.3 Å². The Labute approximate surface area is 162 Å². The number of aryl methyl sites for hydroxylation is 1. The number of ether oxygens (including phenoxy) is 1. The second kappa shape index (κ2) is 9.91. The Morgan fingerprint density at radius 1 is 1.33 bits per heavy atom. The molecule has 9 nitrogen and oxygen atoms in total. The molecule has 3 amide bonds. The Hall–Kier alpha value is -2.62. The zero-order chi connectivity index (χ0) is 19.8. The molecule has 27 heavy (non-hydrogen) atoms. The van der Waals surface area contributed by atoms with E-state index in [-0.39, 0.29) is 5.75 Å². The lowest BCUT2D eigenvalue weighted by Gasteiger charge is -2.10. The fourth-order valence-electron chi connectivity index (χ4n) is 2.20. The lowest BCUT2D eigenvalue weighted by atomic mass is 10.1. The van der Waals surface area contributed by atoms with Gasteiger partial charge >= 0.3 is 6.03 Å². The zero-order valence-corrected chi connectivity index (χ0v) is 16.7. The molecule has 1 heterocycles. The van der Waals surface area contributed by atoms with E-state index in [2.05, 4.69) is 40.0 Å². The molecule has 0 spiro atoms. The lowest BCUT2D eigenvalue weighted by molar-refractivity contribution is -0.117. The number of hydrogen-bond acceptors (Lipinski definition) is 7. The van der Waals surface area contributed by atoms with Crippen LogP contribution < -0.4 is 15.4 Å². The van der Waals surface area contributed by atoms with Gasteiger partial charge in [0.15, 0.2) is 0 Å². The molecule has 0 saturated carbocycles. The third-order valence-electron chi connectivity index (χ3n) is 3.60. The quantitative estimate of drug-likeness (QED) is 0.661. The van der Waals surface area contributed by atoms with Crippen molar-refractivity contribution in [2.24, 2.45) is 5.92 Å². The summed E-state index contributed by atoms with van der Waals surface area (Å²) in [7, 11) is 1.57. The van der Waals surface area contributed by atoms with Gasteiger partial charge in [-0.1, -0.05) is 31.7 Å². The maximum absolute atomic E-state index is 12.0. The summed E-state index contributed by atoms with van der Waals surface area (Å²) in [6, 6.07) is 5.14. The van der Waals surface area contributed by atoms with E-state index in [9.17, 15) is 9.59 Å². The molecule has 1 aromatic heterocycles. The van der Waals surface area contributed by atoms with Crippen LogP contribution in [0.25, 0.3) is 5.69 Å². The smallest absolute Gasteiger partial charge is 0.321 e. The largest absolute Gasteiger partial charge is 0.494 e. The summed E-state index contributed by atoms with van der Waals surface area (Å²) in [6.45, 7) is 6.60. The average molecular weight is 392 g/mol. The summed E-state index contributed by atoms with van der Waals surface area (Å²) in [5.74, 6) is 0.678. The van der Waals surface area contributed by atoms with E-state index in [0.29, 0.717) is 29.1 Å². The number of urea groups is 1. The molecular formula is C17H24N6O3S. The Kier molecular flexibility index (Phi) is 7.59. The normalized spacial score (nSPS) is 10.7. The first-order valence-electron chi connectivity index (χ1n) is 8.54. The van der Waals surface area contributed by atoms with E-state index in [1.165, 1.54) is 4.68 Å². The Balaban J connectivity index is 1.94. The van der Waals surface area contributed by atoms with Crippen LogP contribution in [0.2, 0.25) is 0 Å². The van der Waals surface area contributed by atoms with Crippen LogP contribution in [0.15, 0.2) is 23.4 Å². The fourth-order valence-corrected chi connectivity index (χ4v) is 2.88. The van der Waals surface area contributed by atoms with E-state index < -0.39 is 11.9 Å². The van der Waals surface area contributed by atoms with Crippen molar-refractivity contribution in [3.8, 4) is 11.4 Å². The average Bonchev–Trinajstić information content (AvgIpc) is 3.08. The van der Waals surface area contributed by atoms with E-state index in [1.807, 2.05) is 25.1 Å². The summed E-state index contributed by atoms with van der Waals surface area (Å²) in [5, 5.41) is 17.0. The molecule has 1 aromatic carbocycles. The maximum atomic E-state index is 12.0. The molecule has 0 aliphatic rings. The van der Waals surface area contributed by atoms with E-state index in [0.717, 1.165) is 23.7 Å². The van der Waals surface area contributed by atoms with Crippen molar-refractivity contribution in [2.75, 3.05) is 19.4 Å². The second-order valence-electron chi connectivity index (χ2n) is 6.32. The summed E-state index contributed by atoms with van der Waals surface area (Å²) in [6.07, 6.45) is 0.851. The van der Waals surface area contributed by atoms with E-state index >= 15 is 0 Å². The van der Waals surface area contributed by atoms with Crippen molar-refractivity contribution in [1.82, 2.24) is 30.8 Å². The highest BCUT2D eigenvalue weighted by atomic mass is 32.2. The van der Waals surface area contributed by atoms with Gasteiger partial charge in [0.25, 0.3) is 0 Å². The van der Waals surface area contributed by atoms with Gasteiger partial charge in [0.2, 0.25) is 11.1 Å². The van der Waals surface area contributed by atoms with Crippen molar-refractivity contribution in [1.29, 1.82) is 0 Å². The molecule has 2 aromatic rings. The number of tetrazole rings is 1. The molecule has 0 bridgehead atoms. The molecule has 0 atom stereocenters. The molecular weight excluding hydrogens is 368 g/mol. The third kappa shape index (κ3) is 6.24. The van der Waals surface area contributed by atoms with Gasteiger partial charge in [-0.3, -0.25) is 10.1 Å². The van der Waals surface area contributed by atoms with Gasteiger partial charge in [-0.15, -0.1) is 5.10 Å². The SMILES string of the molecule is COc1ccc(C)cc1-n1nnnc1SCC(=O)NC(=O)NCCC(C)C. The topological polar surface area (TPSA) is 111 Å². The van der Waals surface area contributed by atoms with Crippen LogP contribution in [-0.4, -0.2) is 51.6 Å². The van der Waals surface area contributed by atoms with Crippen molar-refractivity contribution >= 4 is 23.7 Å². The first-order valence-corrected chi connectivity index (χ1v) is 9.53. The first-order chi connectivity index (χ1) is 12.9. The molecule has 0 fully saturated rings. The Morgan fingerprint density at radius 3 is 2.81 bits per heavy atom. The molecule has 10 heteroatoms. The standard InChI is InChI=1S/C17H24N6O3S/c1-11(2)7-8-18-16(25)19-15(24)10-27-17-20-21-22-23(17)13-9-12(3)5-6-14(13)26-4/h5-6,9,11H,7-8,10H2,1-4H3,(H2,18,19,24,25). The molecule has 2 N–H and O–H groups in total. The van der Waals surface area contributed by atoms with Crippen LogP contribution in [0.4, 0.5) is 4.79 Å². The number of methoxy groups -OCH3 is 1. The molecule has 0 aliphatic heterocycles. The molecule has 0 radical (unpaired) electrons. The van der Waals surface area contributed by atoms with Crippen LogP contribution in [0, 0.1) is 12.8 Å². The van der Waals surface area contributed by atoms with Crippen LogP contribution in [0.1, 0.15) is 25.8 Å². The van der Waals surface area contributed by atoms with Crippen LogP contribution in [-0.2, 0) is 4.79 Å². The van der Waals surface area contributed by atoms with Gasteiger partial charge in [0.1, 0.15) is 11.4 Å². The highest BCUT2D eigenvalue weighted by Crippen LogP contribution is 2.26. The number of carbonyl (C=O) groups excluding carboxylic acids is 2. The Morgan fingerprint density at radius 2 is 2.11 bits per heavy atom. The van der Waals surface area contributed by atoms with Gasteiger partial charge < -0.3 is 10.1 Å². The molecule has 0 unspecified atom stereocenters. The number of nitrogens with one attached hydrogen (secondary N) is 2. The number of aromatic nitrogens is 4.